The molecule has 2 aliphatic heterocycles. The van der Waals surface area contributed by atoms with Gasteiger partial charge in [-0.15, -0.1) is 0 Å². The van der Waals surface area contributed by atoms with Crippen molar-refractivity contribution in [2.24, 2.45) is 5.92 Å². The predicted molar refractivity (Wildman–Crippen MR) is 108 cm³/mol. The number of morpholine rings is 1. The van der Waals surface area contributed by atoms with Crippen LogP contribution < -0.4 is 4.90 Å². The number of carbonyl (C=O) groups excluding carboxylic acids is 1. The number of hydrogen-bond acceptors (Lipinski definition) is 4. The molecule has 2 atom stereocenters. The molecule has 0 amide bonds. The molecule has 2 unspecified atom stereocenters. The Hall–Kier alpha value is -2.17. The molecule has 142 valence electrons. The number of ketones is 1. The van der Waals surface area contributed by atoms with E-state index < -0.39 is 0 Å². The molecule has 2 aromatic carbocycles. The van der Waals surface area contributed by atoms with Crippen LogP contribution in [0.1, 0.15) is 28.8 Å². The number of carbonyl (C=O) groups is 1. The molecule has 0 N–H and O–H groups in total. The van der Waals surface area contributed by atoms with Crippen LogP contribution in [0.3, 0.4) is 0 Å². The highest BCUT2D eigenvalue weighted by Gasteiger charge is 2.41. The molecule has 27 heavy (non-hydrogen) atoms. The fraction of sp³-hybridized carbons (Fsp3) is 0.435. The van der Waals surface area contributed by atoms with Crippen LogP contribution in [-0.4, -0.2) is 50.1 Å². The predicted octanol–water partition coefficient (Wildman–Crippen LogP) is 3.61. The van der Waals surface area contributed by atoms with E-state index in [2.05, 4.69) is 40.1 Å². The Morgan fingerprint density at radius 2 is 1.63 bits per heavy atom. The summed E-state index contributed by atoms with van der Waals surface area (Å²) in [6.45, 7) is 2.40. The maximum Gasteiger partial charge on any atom is 0.166 e. The van der Waals surface area contributed by atoms with Crippen molar-refractivity contribution in [1.29, 1.82) is 0 Å². The summed E-state index contributed by atoms with van der Waals surface area (Å²) in [7, 11) is 4.03. The summed E-state index contributed by atoms with van der Waals surface area (Å²) >= 11 is 0. The molecule has 0 radical (unpaired) electrons. The van der Waals surface area contributed by atoms with Gasteiger partial charge in [0.1, 0.15) is 0 Å². The minimum Gasteiger partial charge on any atom is -0.378 e. The Bertz CT molecular complexity index is 759. The van der Waals surface area contributed by atoms with E-state index in [1.807, 2.05) is 38.4 Å². The molecule has 4 rings (SSSR count). The maximum absolute atomic E-state index is 13.1. The molecular formula is C23H28N2O2. The summed E-state index contributed by atoms with van der Waals surface area (Å²) in [5.74, 6) is 0.387. The summed E-state index contributed by atoms with van der Waals surface area (Å²) in [6, 6.07) is 19.3. The van der Waals surface area contributed by atoms with Crippen molar-refractivity contribution in [3.63, 3.8) is 0 Å². The summed E-state index contributed by atoms with van der Waals surface area (Å²) in [5, 5.41) is 0. The van der Waals surface area contributed by atoms with Gasteiger partial charge < -0.3 is 9.64 Å². The molecule has 0 aliphatic carbocycles. The van der Waals surface area contributed by atoms with Crippen molar-refractivity contribution >= 4 is 11.5 Å². The Labute approximate surface area is 161 Å². The zero-order valence-electron chi connectivity index (χ0n) is 16.2. The van der Waals surface area contributed by atoms with E-state index in [1.165, 1.54) is 5.56 Å². The summed E-state index contributed by atoms with van der Waals surface area (Å²) in [5.41, 5.74) is 3.29. The van der Waals surface area contributed by atoms with Crippen molar-refractivity contribution in [1.82, 2.24) is 4.90 Å². The number of anilines is 1. The van der Waals surface area contributed by atoms with Gasteiger partial charge >= 0.3 is 0 Å². The first-order chi connectivity index (χ1) is 13.1. The van der Waals surface area contributed by atoms with Gasteiger partial charge in [-0.05, 0) is 42.7 Å². The van der Waals surface area contributed by atoms with Gasteiger partial charge in [0, 0.05) is 49.9 Å². The van der Waals surface area contributed by atoms with Crippen molar-refractivity contribution in [3.8, 4) is 0 Å². The molecule has 2 aliphatic rings. The van der Waals surface area contributed by atoms with E-state index in [9.17, 15) is 4.79 Å². The van der Waals surface area contributed by atoms with Gasteiger partial charge in [-0.1, -0.05) is 30.3 Å². The van der Waals surface area contributed by atoms with Crippen LogP contribution in [0.15, 0.2) is 54.6 Å². The lowest BCUT2D eigenvalue weighted by Gasteiger charge is -2.48. The van der Waals surface area contributed by atoms with Crippen molar-refractivity contribution in [2.75, 3.05) is 32.2 Å². The number of hydrogen-bond donors (Lipinski definition) is 0. The largest absolute Gasteiger partial charge is 0.378 e. The third-order valence-corrected chi connectivity index (χ3v) is 5.92. The van der Waals surface area contributed by atoms with Crippen LogP contribution in [0.5, 0.6) is 0 Å². The Kier molecular flexibility index (Phi) is 5.28. The topological polar surface area (TPSA) is 32.8 Å². The second-order valence-corrected chi connectivity index (χ2v) is 7.98. The van der Waals surface area contributed by atoms with Gasteiger partial charge in [0.2, 0.25) is 0 Å². The first-order valence-corrected chi connectivity index (χ1v) is 9.81. The molecule has 0 spiro atoms. The highest BCUT2D eigenvalue weighted by molar-refractivity contribution is 5.98. The van der Waals surface area contributed by atoms with Crippen LogP contribution in [0, 0.1) is 5.92 Å². The van der Waals surface area contributed by atoms with Crippen LogP contribution in [0.4, 0.5) is 5.69 Å². The average molecular weight is 364 g/mol. The SMILES string of the molecule is CN(C)c1ccc(C(=O)C2CC3COCC(C2)N3Cc2ccccc2)cc1. The standard InChI is InChI=1S/C23H28N2O2/c1-24(2)20-10-8-18(9-11-20)23(26)19-12-21-15-27-16-22(13-19)25(21)14-17-6-4-3-5-7-17/h3-11,19,21-22H,12-16H2,1-2H3. The van der Waals surface area contributed by atoms with E-state index in [-0.39, 0.29) is 11.7 Å². The summed E-state index contributed by atoms with van der Waals surface area (Å²) in [6.07, 6.45) is 1.77. The lowest BCUT2D eigenvalue weighted by Crippen LogP contribution is -2.57. The molecule has 4 heteroatoms. The van der Waals surface area contributed by atoms with Crippen molar-refractivity contribution < 1.29 is 9.53 Å². The molecule has 2 heterocycles. The lowest BCUT2D eigenvalue weighted by molar-refractivity contribution is -0.0872. The van der Waals surface area contributed by atoms with Gasteiger partial charge in [-0.2, -0.15) is 0 Å². The van der Waals surface area contributed by atoms with E-state index >= 15 is 0 Å². The molecule has 0 aromatic heterocycles. The van der Waals surface area contributed by atoms with Crippen LogP contribution in [0.25, 0.3) is 0 Å². The second kappa shape index (κ2) is 7.83. The highest BCUT2D eigenvalue weighted by Crippen LogP contribution is 2.34. The molecule has 2 saturated heterocycles. The number of Topliss-reactive ketones (excluding diaryl/α,β-unsaturated/α-hetero) is 1. The molecule has 2 fully saturated rings. The minimum absolute atomic E-state index is 0.0983. The number of ether oxygens (including phenoxy) is 1. The zero-order chi connectivity index (χ0) is 18.8. The quantitative estimate of drug-likeness (QED) is 0.759. The molecule has 2 bridgehead atoms. The summed E-state index contributed by atoms with van der Waals surface area (Å²) in [4.78, 5) is 17.7. The number of benzene rings is 2. The number of piperidine rings is 1. The van der Waals surface area contributed by atoms with Crippen molar-refractivity contribution in [3.05, 3.63) is 65.7 Å². The van der Waals surface area contributed by atoms with Crippen molar-refractivity contribution in [2.45, 2.75) is 31.5 Å². The summed E-state index contributed by atoms with van der Waals surface area (Å²) < 4.78 is 5.82. The Morgan fingerprint density at radius 1 is 1.00 bits per heavy atom. The third-order valence-electron chi connectivity index (χ3n) is 5.92. The molecule has 2 aromatic rings. The van der Waals surface area contributed by atoms with E-state index in [4.69, 9.17) is 4.74 Å². The maximum atomic E-state index is 13.1. The minimum atomic E-state index is 0.0983. The Morgan fingerprint density at radius 3 is 2.22 bits per heavy atom. The first kappa shape index (κ1) is 18.2. The van der Waals surface area contributed by atoms with E-state index in [0.29, 0.717) is 12.1 Å². The van der Waals surface area contributed by atoms with E-state index in [1.54, 1.807) is 0 Å². The molecular weight excluding hydrogens is 336 g/mol. The number of fused-ring (bicyclic) bond motifs is 2. The van der Waals surface area contributed by atoms with Crippen LogP contribution in [-0.2, 0) is 11.3 Å². The van der Waals surface area contributed by atoms with Gasteiger partial charge in [-0.25, -0.2) is 0 Å². The second-order valence-electron chi connectivity index (χ2n) is 7.98. The average Bonchev–Trinajstić information content (AvgIpc) is 2.68. The number of rotatable bonds is 5. The fourth-order valence-electron chi connectivity index (χ4n) is 4.42. The molecule has 4 nitrogen and oxygen atoms in total. The normalized spacial score (nSPS) is 25.2. The van der Waals surface area contributed by atoms with Gasteiger partial charge in [0.15, 0.2) is 5.78 Å². The molecule has 0 saturated carbocycles. The van der Waals surface area contributed by atoms with Gasteiger partial charge in [-0.3, -0.25) is 9.69 Å². The zero-order valence-corrected chi connectivity index (χ0v) is 16.2. The van der Waals surface area contributed by atoms with E-state index in [0.717, 1.165) is 43.9 Å². The highest BCUT2D eigenvalue weighted by atomic mass is 16.5. The smallest absolute Gasteiger partial charge is 0.166 e. The van der Waals surface area contributed by atoms with Crippen LogP contribution >= 0.6 is 0 Å². The number of nitrogens with zero attached hydrogens (tertiary/aromatic N) is 2. The van der Waals surface area contributed by atoms with Gasteiger partial charge in [0.05, 0.1) is 13.2 Å². The Balaban J connectivity index is 1.47. The third kappa shape index (κ3) is 3.92. The lowest BCUT2D eigenvalue weighted by atomic mass is 9.80. The monoisotopic (exact) mass is 364 g/mol. The first-order valence-electron chi connectivity index (χ1n) is 9.81. The fourth-order valence-corrected chi connectivity index (χ4v) is 4.42. The van der Waals surface area contributed by atoms with Crippen LogP contribution in [0.2, 0.25) is 0 Å². The van der Waals surface area contributed by atoms with Gasteiger partial charge in [0.25, 0.3) is 0 Å².